The molecule has 0 saturated carbocycles. The molecule has 0 bridgehead atoms. The van der Waals surface area contributed by atoms with E-state index >= 15 is 0 Å². The van der Waals surface area contributed by atoms with Gasteiger partial charge in [-0.25, -0.2) is 0 Å². The molecule has 1 unspecified atom stereocenters. The Morgan fingerprint density at radius 1 is 1.33 bits per heavy atom. The van der Waals surface area contributed by atoms with Gasteiger partial charge >= 0.3 is 0 Å². The first-order chi connectivity index (χ1) is 8.75. The van der Waals surface area contributed by atoms with Gasteiger partial charge in [0.25, 0.3) is 0 Å². The molecule has 3 heteroatoms. The Hall–Kier alpha value is -1.90. The topological polar surface area (TPSA) is 34.9 Å². The number of benzene rings is 1. The van der Waals surface area contributed by atoms with E-state index in [4.69, 9.17) is 0 Å². The summed E-state index contributed by atoms with van der Waals surface area (Å²) in [5.74, 6) is 0.146. The highest BCUT2D eigenvalue weighted by Crippen LogP contribution is 2.33. The molecule has 0 spiro atoms. The minimum Gasteiger partial charge on any atom is -0.292 e. The highest BCUT2D eigenvalue weighted by atomic mass is 16.1. The third-order valence-electron chi connectivity index (χ3n) is 3.65. The second-order valence-electron chi connectivity index (χ2n) is 4.88. The smallest absolute Gasteiger partial charge is 0.190 e. The second kappa shape index (κ2) is 4.41. The van der Waals surface area contributed by atoms with Gasteiger partial charge in [-0.1, -0.05) is 24.3 Å². The van der Waals surface area contributed by atoms with Crippen molar-refractivity contribution in [1.29, 1.82) is 0 Å². The fourth-order valence-corrected chi connectivity index (χ4v) is 2.75. The van der Waals surface area contributed by atoms with E-state index in [9.17, 15) is 4.79 Å². The van der Waals surface area contributed by atoms with Crippen LogP contribution in [0.25, 0.3) is 0 Å². The van der Waals surface area contributed by atoms with Crippen molar-refractivity contribution in [3.05, 3.63) is 53.3 Å². The van der Waals surface area contributed by atoms with Crippen LogP contribution in [0, 0.1) is 0 Å². The van der Waals surface area contributed by atoms with Gasteiger partial charge in [-0.2, -0.15) is 5.10 Å². The van der Waals surface area contributed by atoms with Gasteiger partial charge in [-0.3, -0.25) is 9.48 Å². The summed E-state index contributed by atoms with van der Waals surface area (Å²) in [7, 11) is 1.84. The normalized spacial score (nSPS) is 18.4. The predicted molar refractivity (Wildman–Crippen MR) is 69.7 cm³/mol. The third kappa shape index (κ3) is 1.86. The maximum Gasteiger partial charge on any atom is 0.190 e. The number of Topliss-reactive ketones (excluding diaryl/α,β-unsaturated/α-hetero) is 1. The van der Waals surface area contributed by atoms with Crippen molar-refractivity contribution in [2.45, 2.75) is 25.2 Å². The van der Waals surface area contributed by atoms with Crippen LogP contribution in [0.2, 0.25) is 0 Å². The predicted octanol–water partition coefficient (Wildman–Crippen LogP) is 2.72. The Morgan fingerprint density at radius 2 is 2.17 bits per heavy atom. The summed E-state index contributed by atoms with van der Waals surface area (Å²) in [6, 6.07) is 10.1. The van der Waals surface area contributed by atoms with E-state index in [0.29, 0.717) is 5.69 Å². The zero-order valence-corrected chi connectivity index (χ0v) is 10.5. The van der Waals surface area contributed by atoms with E-state index in [0.717, 1.165) is 19.3 Å². The molecular formula is C15H16N2O. The van der Waals surface area contributed by atoms with Crippen LogP contribution in [-0.2, 0) is 13.5 Å². The van der Waals surface area contributed by atoms with Crippen LogP contribution in [0.5, 0.6) is 0 Å². The van der Waals surface area contributed by atoms with Crippen LogP contribution in [0.15, 0.2) is 36.5 Å². The molecule has 1 aliphatic rings. The van der Waals surface area contributed by atoms with Crippen LogP contribution in [0.1, 0.15) is 40.4 Å². The van der Waals surface area contributed by atoms with E-state index in [1.54, 1.807) is 10.7 Å². The Morgan fingerprint density at radius 3 is 2.94 bits per heavy atom. The minimum atomic E-state index is -0.00940. The number of ketones is 1. The van der Waals surface area contributed by atoms with Crippen LogP contribution >= 0.6 is 0 Å². The average Bonchev–Trinajstić information content (AvgIpc) is 2.84. The SMILES string of the molecule is Cn1ccc(C(=O)C2CCCc3ccccc32)n1. The van der Waals surface area contributed by atoms with Gasteiger partial charge in [-0.05, 0) is 36.5 Å². The molecule has 18 heavy (non-hydrogen) atoms. The van der Waals surface area contributed by atoms with Gasteiger partial charge in [0.05, 0.1) is 0 Å². The Bertz CT molecular complexity index is 586. The molecule has 0 fully saturated rings. The van der Waals surface area contributed by atoms with Crippen LogP contribution < -0.4 is 0 Å². The first-order valence-electron chi connectivity index (χ1n) is 6.37. The maximum atomic E-state index is 12.5. The van der Waals surface area contributed by atoms with Gasteiger partial charge in [0.1, 0.15) is 5.69 Å². The number of nitrogens with zero attached hydrogens (tertiary/aromatic N) is 2. The number of hydrogen-bond acceptors (Lipinski definition) is 2. The first-order valence-corrected chi connectivity index (χ1v) is 6.37. The number of carbonyl (C=O) groups is 1. The molecule has 0 amide bonds. The van der Waals surface area contributed by atoms with Crippen molar-refractivity contribution < 1.29 is 4.79 Å². The molecule has 1 aromatic heterocycles. The molecule has 0 aliphatic heterocycles. The summed E-state index contributed by atoms with van der Waals surface area (Å²) in [5.41, 5.74) is 3.09. The van der Waals surface area contributed by atoms with E-state index < -0.39 is 0 Å². The lowest BCUT2D eigenvalue weighted by Gasteiger charge is -2.23. The molecule has 3 nitrogen and oxygen atoms in total. The fraction of sp³-hybridized carbons (Fsp3) is 0.333. The monoisotopic (exact) mass is 240 g/mol. The minimum absolute atomic E-state index is 0.00940. The van der Waals surface area contributed by atoms with Gasteiger partial charge in [-0.15, -0.1) is 0 Å². The van der Waals surface area contributed by atoms with Crippen molar-refractivity contribution >= 4 is 5.78 Å². The lowest BCUT2D eigenvalue weighted by molar-refractivity contribution is 0.0945. The van der Waals surface area contributed by atoms with Crippen molar-refractivity contribution in [2.24, 2.45) is 7.05 Å². The molecule has 1 heterocycles. The van der Waals surface area contributed by atoms with Gasteiger partial charge in [0, 0.05) is 19.2 Å². The van der Waals surface area contributed by atoms with Gasteiger partial charge in [0.2, 0.25) is 0 Å². The molecule has 2 aromatic rings. The lowest BCUT2D eigenvalue weighted by Crippen LogP contribution is -2.19. The number of carbonyl (C=O) groups excluding carboxylic acids is 1. The number of hydrogen-bond donors (Lipinski definition) is 0. The van der Waals surface area contributed by atoms with Crippen LogP contribution in [0.4, 0.5) is 0 Å². The van der Waals surface area contributed by atoms with Crippen molar-refractivity contribution in [3.63, 3.8) is 0 Å². The largest absolute Gasteiger partial charge is 0.292 e. The molecule has 1 aliphatic carbocycles. The number of aryl methyl sites for hydroxylation is 2. The second-order valence-corrected chi connectivity index (χ2v) is 4.88. The Labute approximate surface area is 106 Å². The zero-order chi connectivity index (χ0) is 12.5. The summed E-state index contributed by atoms with van der Waals surface area (Å²) < 4.78 is 1.68. The standard InChI is InChI=1S/C15H16N2O/c1-17-10-9-14(16-17)15(18)13-8-4-6-11-5-2-3-7-12(11)13/h2-3,5,7,9-10,13H,4,6,8H2,1H3. The molecule has 0 N–H and O–H groups in total. The van der Waals surface area contributed by atoms with E-state index in [1.807, 2.05) is 25.4 Å². The van der Waals surface area contributed by atoms with Gasteiger partial charge < -0.3 is 0 Å². The molecule has 92 valence electrons. The Kier molecular flexibility index (Phi) is 2.74. The van der Waals surface area contributed by atoms with E-state index in [-0.39, 0.29) is 11.7 Å². The quantitative estimate of drug-likeness (QED) is 0.756. The fourth-order valence-electron chi connectivity index (χ4n) is 2.75. The summed E-state index contributed by atoms with van der Waals surface area (Å²) in [6.45, 7) is 0. The number of rotatable bonds is 2. The van der Waals surface area contributed by atoms with E-state index in [1.165, 1.54) is 11.1 Å². The number of fused-ring (bicyclic) bond motifs is 1. The maximum absolute atomic E-state index is 12.5. The highest BCUT2D eigenvalue weighted by molar-refractivity contribution is 5.99. The van der Waals surface area contributed by atoms with E-state index in [2.05, 4.69) is 17.2 Å². The molecular weight excluding hydrogens is 224 g/mol. The average molecular weight is 240 g/mol. The summed E-state index contributed by atoms with van der Waals surface area (Å²) >= 11 is 0. The van der Waals surface area contributed by atoms with Crippen molar-refractivity contribution in [2.75, 3.05) is 0 Å². The zero-order valence-electron chi connectivity index (χ0n) is 10.5. The van der Waals surface area contributed by atoms with Crippen molar-refractivity contribution in [1.82, 2.24) is 9.78 Å². The number of aromatic nitrogens is 2. The molecule has 1 aromatic carbocycles. The first kappa shape index (κ1) is 11.2. The molecule has 3 rings (SSSR count). The van der Waals surface area contributed by atoms with Crippen LogP contribution in [-0.4, -0.2) is 15.6 Å². The third-order valence-corrected chi connectivity index (χ3v) is 3.65. The van der Waals surface area contributed by atoms with Crippen molar-refractivity contribution in [3.8, 4) is 0 Å². The van der Waals surface area contributed by atoms with Crippen LogP contribution in [0.3, 0.4) is 0 Å². The van der Waals surface area contributed by atoms with Gasteiger partial charge in [0.15, 0.2) is 5.78 Å². The summed E-state index contributed by atoms with van der Waals surface area (Å²) in [4.78, 5) is 12.5. The highest BCUT2D eigenvalue weighted by Gasteiger charge is 2.28. The summed E-state index contributed by atoms with van der Waals surface area (Å²) in [6.07, 6.45) is 4.93. The summed E-state index contributed by atoms with van der Waals surface area (Å²) in [5, 5.41) is 4.23. The molecule has 1 atom stereocenters. The molecule has 0 radical (unpaired) electrons. The Balaban J connectivity index is 1.96. The molecule has 0 saturated heterocycles. The lowest BCUT2D eigenvalue weighted by atomic mass is 9.80.